The fraction of sp³-hybridized carbons (Fsp3) is 0.714. The number of nitrogens with zero attached hydrogens (tertiary/aromatic N) is 2. The highest BCUT2D eigenvalue weighted by Crippen LogP contribution is 2.27. The highest BCUT2D eigenvalue weighted by Gasteiger charge is 2.39. The van der Waals surface area contributed by atoms with Crippen LogP contribution in [0.15, 0.2) is 0 Å². The van der Waals surface area contributed by atoms with Crippen LogP contribution in [0.4, 0.5) is 4.79 Å². The van der Waals surface area contributed by atoms with E-state index in [0.717, 1.165) is 17.9 Å². The number of rotatable bonds is 2. The summed E-state index contributed by atoms with van der Waals surface area (Å²) < 4.78 is 4.67. The zero-order valence-corrected chi connectivity index (χ0v) is 6.41. The Morgan fingerprint density at radius 1 is 1.82 bits per heavy atom. The molecule has 0 bridgehead atoms. The Hall–Kier alpha value is -1.24. The lowest BCUT2D eigenvalue weighted by Crippen LogP contribution is -2.26. The summed E-state index contributed by atoms with van der Waals surface area (Å²) in [5.74, 6) is 0. The maximum Gasteiger partial charge on any atom is 0.474 e. The van der Waals surface area contributed by atoms with Gasteiger partial charge in [0.1, 0.15) is 6.04 Å². The normalized spacial score (nSPS) is 15.3. The Labute approximate surface area is 65.5 Å². The predicted molar refractivity (Wildman–Crippen MR) is 38.5 cm³/mol. The van der Waals surface area contributed by atoms with E-state index in [2.05, 4.69) is 9.69 Å². The van der Waals surface area contributed by atoms with Crippen molar-refractivity contribution in [2.45, 2.75) is 25.8 Å². The first kappa shape index (κ1) is 7.86. The van der Waals surface area contributed by atoms with Gasteiger partial charge in [-0.2, -0.15) is 11.5 Å². The van der Waals surface area contributed by atoms with Crippen LogP contribution in [0.1, 0.15) is 19.8 Å². The number of amides is 1. The molecule has 0 spiro atoms. The smallest absolute Gasteiger partial charge is 0.446 e. The molecule has 1 aliphatic carbocycles. The molecule has 60 valence electrons. The summed E-state index contributed by atoms with van der Waals surface area (Å²) in [6, 6.07) is 0.117. The highest BCUT2D eigenvalue weighted by molar-refractivity contribution is 5.69. The van der Waals surface area contributed by atoms with Gasteiger partial charge >= 0.3 is 6.09 Å². The minimum Gasteiger partial charge on any atom is -0.446 e. The van der Waals surface area contributed by atoms with E-state index in [-0.39, 0.29) is 6.04 Å². The number of ether oxygens (including phenoxy) is 1. The minimum absolute atomic E-state index is 0.117. The van der Waals surface area contributed by atoms with E-state index in [1.807, 2.05) is 0 Å². The molecule has 1 saturated carbocycles. The third-order valence-corrected chi connectivity index (χ3v) is 1.46. The molecule has 1 amide bonds. The van der Waals surface area contributed by atoms with Gasteiger partial charge in [0.25, 0.3) is 0 Å². The molecule has 0 unspecified atom stereocenters. The molecule has 0 aromatic carbocycles. The van der Waals surface area contributed by atoms with Gasteiger partial charge < -0.3 is 4.74 Å². The van der Waals surface area contributed by atoms with E-state index in [4.69, 9.17) is 6.57 Å². The van der Waals surface area contributed by atoms with E-state index in [0.29, 0.717) is 6.61 Å². The van der Waals surface area contributed by atoms with Crippen LogP contribution in [0.25, 0.3) is 4.95 Å². The van der Waals surface area contributed by atoms with E-state index >= 15 is 0 Å². The highest BCUT2D eigenvalue weighted by atomic mass is 16.6. The van der Waals surface area contributed by atoms with Crippen molar-refractivity contribution in [1.82, 2.24) is 5.01 Å². The van der Waals surface area contributed by atoms with Gasteiger partial charge in [-0.15, -0.1) is 0 Å². The van der Waals surface area contributed by atoms with Crippen LogP contribution in [-0.4, -0.2) is 23.8 Å². The summed E-state index contributed by atoms with van der Waals surface area (Å²) in [6.45, 7) is 8.75. The van der Waals surface area contributed by atoms with Gasteiger partial charge in [-0.3, -0.25) is 0 Å². The second kappa shape index (κ2) is 3.24. The third-order valence-electron chi connectivity index (χ3n) is 1.46. The van der Waals surface area contributed by atoms with Crippen molar-refractivity contribution in [3.63, 3.8) is 0 Å². The Kier molecular flexibility index (Phi) is 2.32. The second-order valence-electron chi connectivity index (χ2n) is 2.37. The second-order valence-corrected chi connectivity index (χ2v) is 2.37. The summed E-state index contributed by atoms with van der Waals surface area (Å²) in [5, 5.41) is 1.09. The molecule has 0 atom stereocenters. The molecule has 0 aromatic heterocycles. The molecular weight excluding hydrogens is 144 g/mol. The summed E-state index contributed by atoms with van der Waals surface area (Å²) in [4.78, 5) is 14.0. The lowest BCUT2D eigenvalue weighted by Gasteiger charge is -2.05. The minimum atomic E-state index is -0.509. The summed E-state index contributed by atoms with van der Waals surface area (Å²) in [6.07, 6.45) is 1.35. The number of hydrogen-bond donors (Lipinski definition) is 0. The van der Waals surface area contributed by atoms with Crippen LogP contribution in [0.5, 0.6) is 0 Å². The monoisotopic (exact) mass is 154 g/mol. The van der Waals surface area contributed by atoms with E-state index in [1.54, 1.807) is 6.92 Å². The van der Waals surface area contributed by atoms with E-state index in [9.17, 15) is 4.79 Å². The van der Waals surface area contributed by atoms with E-state index in [1.165, 1.54) is 0 Å². The molecule has 0 saturated heterocycles. The Bertz CT molecular complexity index is 193. The van der Waals surface area contributed by atoms with Crippen molar-refractivity contribution >= 4 is 6.09 Å². The summed E-state index contributed by atoms with van der Waals surface area (Å²) >= 11 is 0. The zero-order chi connectivity index (χ0) is 8.27. The average molecular weight is 154 g/mol. The van der Waals surface area contributed by atoms with Gasteiger partial charge in [0.15, 0.2) is 0 Å². The van der Waals surface area contributed by atoms with Crippen LogP contribution >= 0.6 is 0 Å². The molecule has 11 heavy (non-hydrogen) atoms. The Morgan fingerprint density at radius 2 is 2.45 bits per heavy atom. The first-order valence-electron chi connectivity index (χ1n) is 3.63. The van der Waals surface area contributed by atoms with Crippen molar-refractivity contribution in [3.8, 4) is 0 Å². The first-order valence-corrected chi connectivity index (χ1v) is 3.63. The third kappa shape index (κ3) is 1.84. The van der Waals surface area contributed by atoms with Crippen molar-refractivity contribution in [3.05, 3.63) is 11.5 Å². The van der Waals surface area contributed by atoms with Gasteiger partial charge in [-0.1, -0.05) is 0 Å². The molecule has 1 aliphatic rings. The quantitative estimate of drug-likeness (QED) is 0.445. The molecule has 0 aromatic rings. The molecule has 0 aliphatic heterocycles. The van der Waals surface area contributed by atoms with Gasteiger partial charge in [0, 0.05) is 5.01 Å². The van der Waals surface area contributed by atoms with Crippen molar-refractivity contribution in [1.29, 1.82) is 0 Å². The fourth-order valence-electron chi connectivity index (χ4n) is 0.780. The number of carbonyl (C=O) groups is 1. The van der Waals surface area contributed by atoms with Crippen molar-refractivity contribution in [2.24, 2.45) is 0 Å². The van der Waals surface area contributed by atoms with Gasteiger partial charge in [0.05, 0.1) is 6.61 Å². The van der Waals surface area contributed by atoms with Crippen LogP contribution in [0.3, 0.4) is 0 Å². The van der Waals surface area contributed by atoms with Crippen LogP contribution in [0.2, 0.25) is 0 Å². The van der Waals surface area contributed by atoms with Gasteiger partial charge in [0.2, 0.25) is 0 Å². The lowest BCUT2D eigenvalue weighted by molar-refractivity contribution is 0.119. The number of carbonyl (C=O) groups excluding carboxylic acids is 1. The molecular formula is C7H10N2O2. The molecule has 0 N–H and O–H groups in total. The van der Waals surface area contributed by atoms with E-state index < -0.39 is 6.09 Å². The first-order chi connectivity index (χ1) is 5.29. The molecule has 1 rings (SSSR count). The summed E-state index contributed by atoms with van der Waals surface area (Å²) in [7, 11) is 0. The molecule has 0 heterocycles. The van der Waals surface area contributed by atoms with Crippen LogP contribution < -0.4 is 0 Å². The zero-order valence-electron chi connectivity index (χ0n) is 6.41. The SMILES string of the molecule is [C-]#[N+]N(C(=O)OCC)C1CC1. The Morgan fingerprint density at radius 3 is 2.82 bits per heavy atom. The predicted octanol–water partition coefficient (Wildman–Crippen LogP) is 1.44. The molecule has 4 heteroatoms. The van der Waals surface area contributed by atoms with Gasteiger partial charge in [-0.05, 0) is 19.8 Å². The van der Waals surface area contributed by atoms with Crippen molar-refractivity contribution < 1.29 is 9.53 Å². The molecule has 0 radical (unpaired) electrons. The standard InChI is InChI=1S/C7H10N2O2/c1-3-11-7(10)9(8-2)6-4-5-6/h6H,3-5H2,1H3. The number of hydrogen-bond acceptors (Lipinski definition) is 2. The largest absolute Gasteiger partial charge is 0.474 e. The Balaban J connectivity index is 2.41. The van der Waals surface area contributed by atoms with Gasteiger partial charge in [-0.25, -0.2) is 4.79 Å². The van der Waals surface area contributed by atoms with Crippen molar-refractivity contribution in [2.75, 3.05) is 6.61 Å². The fourth-order valence-corrected chi connectivity index (χ4v) is 0.780. The average Bonchev–Trinajstić information content (AvgIpc) is 2.73. The lowest BCUT2D eigenvalue weighted by atomic mass is 10.7. The maximum absolute atomic E-state index is 10.9. The van der Waals surface area contributed by atoms with Crippen LogP contribution in [-0.2, 0) is 4.74 Å². The summed E-state index contributed by atoms with van der Waals surface area (Å²) in [5.41, 5.74) is 0. The topological polar surface area (TPSA) is 33.9 Å². The molecule has 4 nitrogen and oxygen atoms in total. The van der Waals surface area contributed by atoms with Crippen LogP contribution in [0, 0.1) is 6.57 Å². The maximum atomic E-state index is 10.9. The molecule has 1 fully saturated rings.